The average Bonchev–Trinajstić information content (AvgIpc) is 3.33. The molecule has 1 atom stereocenters. The number of fused-ring (bicyclic) bond motifs is 1. The molecule has 0 radical (unpaired) electrons. The Hall–Kier alpha value is -3.93. The van der Waals surface area contributed by atoms with E-state index < -0.39 is 12.0 Å². The molecule has 0 N–H and O–H groups in total. The number of aromatic nitrogens is 1. The Morgan fingerprint density at radius 1 is 1.16 bits per heavy atom. The van der Waals surface area contributed by atoms with Crippen LogP contribution < -0.4 is 29.1 Å². The van der Waals surface area contributed by atoms with E-state index in [0.717, 1.165) is 14.7 Å². The average molecular weight is 800 g/mol. The number of thiazole rings is 1. The van der Waals surface area contributed by atoms with Gasteiger partial charge in [0.05, 0.1) is 62.3 Å². The number of hydrogen-bond donors (Lipinski definition) is 0. The molecule has 230 valence electrons. The number of allylic oxidation sites excluding steroid dienone is 1. The highest BCUT2D eigenvalue weighted by atomic mass is 127. The zero-order chi connectivity index (χ0) is 32.2. The molecule has 3 aromatic carbocycles. The van der Waals surface area contributed by atoms with Crippen molar-refractivity contribution < 1.29 is 23.7 Å². The SMILES string of the molecule is CCOC(=O)C1=C(C)N=c2s/c(=C/c3cc(I)c(OCc4ccccc4C#N)c(OC)c3)c(=O)n2[C@H]1c1ccc(OC)c(Br)c1. The molecule has 2 heterocycles. The molecule has 1 aromatic heterocycles. The van der Waals surface area contributed by atoms with Gasteiger partial charge >= 0.3 is 5.97 Å². The molecule has 0 unspecified atom stereocenters. The molecule has 0 saturated carbocycles. The number of rotatable bonds is 9. The Morgan fingerprint density at radius 3 is 2.60 bits per heavy atom. The van der Waals surface area contributed by atoms with Crippen LogP contribution in [0.4, 0.5) is 0 Å². The lowest BCUT2D eigenvalue weighted by Crippen LogP contribution is -2.40. The highest BCUT2D eigenvalue weighted by Crippen LogP contribution is 2.36. The van der Waals surface area contributed by atoms with Crippen molar-refractivity contribution >= 4 is 61.9 Å². The molecule has 0 fully saturated rings. The summed E-state index contributed by atoms with van der Waals surface area (Å²) in [6.07, 6.45) is 1.77. The van der Waals surface area contributed by atoms with Crippen molar-refractivity contribution in [2.45, 2.75) is 26.5 Å². The summed E-state index contributed by atoms with van der Waals surface area (Å²) in [5, 5.41) is 9.42. The molecular formula is C33H27BrIN3O6S. The van der Waals surface area contributed by atoms with Gasteiger partial charge in [-0.1, -0.05) is 35.6 Å². The number of esters is 1. The van der Waals surface area contributed by atoms with Crippen LogP contribution in [0.15, 0.2) is 80.1 Å². The fourth-order valence-electron chi connectivity index (χ4n) is 4.98. The van der Waals surface area contributed by atoms with Gasteiger partial charge in [0.15, 0.2) is 16.3 Å². The van der Waals surface area contributed by atoms with Gasteiger partial charge in [0, 0.05) is 5.56 Å². The maximum atomic E-state index is 14.1. The first-order chi connectivity index (χ1) is 21.7. The third-order valence-electron chi connectivity index (χ3n) is 7.07. The van der Waals surface area contributed by atoms with Crippen LogP contribution in [0.5, 0.6) is 17.2 Å². The molecule has 45 heavy (non-hydrogen) atoms. The van der Waals surface area contributed by atoms with Crippen molar-refractivity contribution in [2.75, 3.05) is 20.8 Å². The molecule has 1 aliphatic heterocycles. The minimum Gasteiger partial charge on any atom is -0.496 e. The number of carbonyl (C=O) groups excluding carboxylic acids is 1. The number of halogens is 2. The van der Waals surface area contributed by atoms with E-state index in [9.17, 15) is 14.9 Å². The summed E-state index contributed by atoms with van der Waals surface area (Å²) in [4.78, 5) is 32.4. The maximum Gasteiger partial charge on any atom is 0.338 e. The maximum absolute atomic E-state index is 14.1. The van der Waals surface area contributed by atoms with Crippen LogP contribution in [0.2, 0.25) is 0 Å². The molecule has 4 aromatic rings. The van der Waals surface area contributed by atoms with Gasteiger partial charge in [-0.3, -0.25) is 9.36 Å². The molecular weight excluding hydrogens is 773 g/mol. The smallest absolute Gasteiger partial charge is 0.338 e. The topological polar surface area (TPSA) is 112 Å². The van der Waals surface area contributed by atoms with Crippen molar-refractivity contribution in [1.29, 1.82) is 5.26 Å². The number of nitrogens with zero attached hydrogens (tertiary/aromatic N) is 3. The molecule has 0 bridgehead atoms. The second kappa shape index (κ2) is 14.0. The Balaban J connectivity index is 1.59. The predicted molar refractivity (Wildman–Crippen MR) is 182 cm³/mol. The minimum absolute atomic E-state index is 0.185. The van der Waals surface area contributed by atoms with E-state index in [1.54, 1.807) is 52.3 Å². The molecule has 0 aliphatic carbocycles. The molecule has 0 spiro atoms. The van der Waals surface area contributed by atoms with Crippen LogP contribution in [-0.4, -0.2) is 31.4 Å². The van der Waals surface area contributed by atoms with E-state index in [0.29, 0.717) is 53.5 Å². The third kappa shape index (κ3) is 6.56. The first kappa shape index (κ1) is 32.5. The van der Waals surface area contributed by atoms with E-state index in [2.05, 4.69) is 49.6 Å². The summed E-state index contributed by atoms with van der Waals surface area (Å²) < 4.78 is 26.0. The second-order valence-electron chi connectivity index (χ2n) is 9.79. The van der Waals surface area contributed by atoms with Crippen molar-refractivity contribution in [3.05, 3.63) is 116 Å². The number of hydrogen-bond acceptors (Lipinski definition) is 9. The van der Waals surface area contributed by atoms with Crippen molar-refractivity contribution in [3.63, 3.8) is 0 Å². The van der Waals surface area contributed by atoms with E-state index >= 15 is 0 Å². The van der Waals surface area contributed by atoms with Gasteiger partial charge in [-0.05, 0) is 99.9 Å². The lowest BCUT2D eigenvalue weighted by Gasteiger charge is -2.25. The zero-order valence-corrected chi connectivity index (χ0v) is 29.3. The van der Waals surface area contributed by atoms with Crippen LogP contribution in [0.3, 0.4) is 0 Å². The quantitative estimate of drug-likeness (QED) is 0.159. The lowest BCUT2D eigenvalue weighted by atomic mass is 9.96. The molecule has 0 saturated heterocycles. The van der Waals surface area contributed by atoms with Crippen LogP contribution in [0.25, 0.3) is 6.08 Å². The van der Waals surface area contributed by atoms with Crippen molar-refractivity contribution in [1.82, 2.24) is 4.57 Å². The Kier molecular flexibility index (Phi) is 10.1. The number of ether oxygens (including phenoxy) is 4. The van der Waals surface area contributed by atoms with Crippen LogP contribution in [-0.2, 0) is 16.1 Å². The molecule has 0 amide bonds. The summed E-state index contributed by atoms with van der Waals surface area (Å²) in [6, 6.07) is 17.8. The number of carbonyl (C=O) groups is 1. The number of nitriles is 1. The normalized spacial score (nSPS) is 14.3. The fourth-order valence-corrected chi connectivity index (χ4v) is 7.37. The second-order valence-corrected chi connectivity index (χ2v) is 12.8. The molecule has 1 aliphatic rings. The first-order valence-corrected chi connectivity index (χ1v) is 16.4. The number of benzene rings is 3. The predicted octanol–water partition coefficient (Wildman–Crippen LogP) is 5.63. The van der Waals surface area contributed by atoms with Crippen molar-refractivity contribution in [2.24, 2.45) is 4.99 Å². The van der Waals surface area contributed by atoms with Crippen LogP contribution >= 0.6 is 49.9 Å². The Morgan fingerprint density at radius 2 is 1.91 bits per heavy atom. The van der Waals surface area contributed by atoms with E-state index in [-0.39, 0.29) is 18.8 Å². The fraction of sp³-hybridized carbons (Fsp3) is 0.212. The first-order valence-electron chi connectivity index (χ1n) is 13.7. The standard InChI is InChI=1S/C33H27BrIN3O6S/c1-5-43-32(40)28-18(2)37-33-38(29(28)20-10-11-25(41-3)23(34)15-20)31(39)27(45-33)14-19-12-24(35)30(26(13-19)42-4)44-17-22-9-7-6-8-21(22)16-36/h6-15,29H,5,17H2,1-4H3/b27-14+/t29-/m0/s1. The van der Waals surface area contributed by atoms with Gasteiger partial charge in [-0.15, -0.1) is 0 Å². The van der Waals surface area contributed by atoms with Gasteiger partial charge in [0.1, 0.15) is 12.4 Å². The van der Waals surface area contributed by atoms with E-state index in [1.807, 2.05) is 36.4 Å². The van der Waals surface area contributed by atoms with E-state index in [1.165, 1.54) is 15.9 Å². The Bertz CT molecular complexity index is 2060. The monoisotopic (exact) mass is 799 g/mol. The zero-order valence-electron chi connectivity index (χ0n) is 24.7. The highest BCUT2D eigenvalue weighted by molar-refractivity contribution is 14.1. The van der Waals surface area contributed by atoms with Gasteiger partial charge in [0.2, 0.25) is 0 Å². The summed E-state index contributed by atoms with van der Waals surface area (Å²) in [7, 11) is 3.12. The summed E-state index contributed by atoms with van der Waals surface area (Å²) in [6.45, 7) is 3.86. The van der Waals surface area contributed by atoms with Gasteiger partial charge < -0.3 is 18.9 Å². The summed E-state index contributed by atoms with van der Waals surface area (Å²) in [5.74, 6) is 1.10. The lowest BCUT2D eigenvalue weighted by molar-refractivity contribution is -0.139. The molecule has 9 nitrogen and oxygen atoms in total. The summed E-state index contributed by atoms with van der Waals surface area (Å²) >= 11 is 6.93. The van der Waals surface area contributed by atoms with Gasteiger partial charge in [-0.25, -0.2) is 9.79 Å². The largest absolute Gasteiger partial charge is 0.496 e. The highest BCUT2D eigenvalue weighted by Gasteiger charge is 2.33. The Labute approximate surface area is 285 Å². The van der Waals surface area contributed by atoms with Gasteiger partial charge in [-0.2, -0.15) is 5.26 Å². The number of methoxy groups -OCH3 is 2. The van der Waals surface area contributed by atoms with E-state index in [4.69, 9.17) is 18.9 Å². The van der Waals surface area contributed by atoms with Crippen molar-refractivity contribution in [3.8, 4) is 23.3 Å². The third-order valence-corrected chi connectivity index (χ3v) is 9.47. The van der Waals surface area contributed by atoms with Gasteiger partial charge in [0.25, 0.3) is 5.56 Å². The molecule has 12 heteroatoms. The minimum atomic E-state index is -0.758. The van der Waals surface area contributed by atoms with Crippen LogP contribution in [0, 0.1) is 14.9 Å². The van der Waals surface area contributed by atoms with Crippen LogP contribution in [0.1, 0.15) is 42.1 Å². The molecule has 5 rings (SSSR count). The summed E-state index contributed by atoms with van der Waals surface area (Å²) in [5.41, 5.74) is 3.20.